The van der Waals surface area contributed by atoms with Crippen LogP contribution in [0.4, 0.5) is 0 Å². The molecule has 2 aromatic rings. The van der Waals surface area contributed by atoms with Gasteiger partial charge in [0.15, 0.2) is 0 Å². The quantitative estimate of drug-likeness (QED) is 0.648. The van der Waals surface area contributed by atoms with Gasteiger partial charge in [-0.15, -0.1) is 0 Å². The summed E-state index contributed by atoms with van der Waals surface area (Å²) in [7, 11) is -2.52. The summed E-state index contributed by atoms with van der Waals surface area (Å²) in [5.41, 5.74) is -0.118. The third-order valence-electron chi connectivity index (χ3n) is 8.28. The van der Waals surface area contributed by atoms with Crippen molar-refractivity contribution in [3.63, 3.8) is 0 Å². The minimum Gasteiger partial charge on any atom is -0.402 e. The first kappa shape index (κ1) is 19.4. The van der Waals surface area contributed by atoms with Crippen LogP contribution in [0.1, 0.15) is 55.4 Å². The van der Waals surface area contributed by atoms with Crippen LogP contribution in [-0.4, -0.2) is 13.9 Å². The van der Waals surface area contributed by atoms with Crippen molar-refractivity contribution in [1.82, 2.24) is 0 Å². The fourth-order valence-corrected chi connectivity index (χ4v) is 10.8. The molecule has 0 bridgehead atoms. The molecule has 0 aromatic heterocycles. The van der Waals surface area contributed by atoms with Crippen molar-refractivity contribution in [3.05, 3.63) is 60.7 Å². The molecule has 0 spiro atoms. The van der Waals surface area contributed by atoms with E-state index in [-0.39, 0.29) is 21.5 Å². The van der Waals surface area contributed by atoms with Crippen molar-refractivity contribution < 1.29 is 4.43 Å². The number of rotatable bonds is 2. The summed E-state index contributed by atoms with van der Waals surface area (Å²) < 4.78 is 7.34. The SMILES string of the molecule is CC1(C)O[Si](c2ccccc2)(c2ccccc2)C(C)(C)C(C)(C)C1(C)C. The van der Waals surface area contributed by atoms with Crippen LogP contribution >= 0.6 is 0 Å². The molecule has 0 atom stereocenters. The van der Waals surface area contributed by atoms with E-state index in [2.05, 4.69) is 116 Å². The average molecular weight is 367 g/mol. The van der Waals surface area contributed by atoms with Gasteiger partial charge in [-0.1, -0.05) is 102 Å². The smallest absolute Gasteiger partial charge is 0.262 e. The molecule has 26 heavy (non-hydrogen) atoms. The Hall–Kier alpha value is -1.38. The van der Waals surface area contributed by atoms with E-state index in [0.717, 1.165) is 0 Å². The zero-order valence-electron chi connectivity index (χ0n) is 17.7. The fraction of sp³-hybridized carbons (Fsp3) is 0.500. The van der Waals surface area contributed by atoms with Crippen LogP contribution in [0.15, 0.2) is 60.7 Å². The summed E-state index contributed by atoms with van der Waals surface area (Å²) >= 11 is 0. The molecule has 2 heteroatoms. The first-order valence-electron chi connectivity index (χ1n) is 9.73. The predicted octanol–water partition coefficient (Wildman–Crippen LogP) is 5.39. The molecule has 0 amide bonds. The van der Waals surface area contributed by atoms with Gasteiger partial charge in [0.2, 0.25) is 0 Å². The van der Waals surface area contributed by atoms with Gasteiger partial charge in [0.1, 0.15) is 0 Å². The van der Waals surface area contributed by atoms with Gasteiger partial charge in [-0.05, 0) is 40.1 Å². The molecule has 1 saturated heterocycles. The van der Waals surface area contributed by atoms with Crippen LogP contribution in [-0.2, 0) is 4.43 Å². The van der Waals surface area contributed by atoms with Gasteiger partial charge in [0, 0.05) is 0 Å². The molecule has 1 heterocycles. The minimum atomic E-state index is -2.52. The summed E-state index contributed by atoms with van der Waals surface area (Å²) in [6.45, 7) is 19.1. The zero-order chi connectivity index (χ0) is 19.4. The van der Waals surface area contributed by atoms with E-state index in [1.807, 2.05) is 0 Å². The van der Waals surface area contributed by atoms with E-state index in [0.29, 0.717) is 0 Å². The molecule has 1 fully saturated rings. The molecule has 0 saturated carbocycles. The van der Waals surface area contributed by atoms with Crippen LogP contribution in [0.3, 0.4) is 0 Å². The molecule has 2 aromatic carbocycles. The molecule has 3 rings (SSSR count). The molecule has 0 radical (unpaired) electrons. The lowest BCUT2D eigenvalue weighted by Gasteiger charge is -2.69. The second-order valence-electron chi connectivity index (χ2n) is 9.90. The molecule has 1 aliphatic rings. The standard InChI is InChI=1S/C24H34OSi/c1-21(2)22(3,4)24(7,8)26(25-23(21,5)6,19-15-11-9-12-16-19)20-17-13-10-14-18-20/h9-18H,1-8H3. The van der Waals surface area contributed by atoms with Gasteiger partial charge in [-0.25, -0.2) is 0 Å². The summed E-state index contributed by atoms with van der Waals surface area (Å²) in [6, 6.07) is 22.0. The Bertz CT molecular complexity index is 733. The van der Waals surface area contributed by atoms with Crippen molar-refractivity contribution in [3.8, 4) is 0 Å². The van der Waals surface area contributed by atoms with Gasteiger partial charge in [0.25, 0.3) is 8.32 Å². The van der Waals surface area contributed by atoms with Crippen LogP contribution in [0, 0.1) is 10.8 Å². The molecule has 0 N–H and O–H groups in total. The maximum Gasteiger partial charge on any atom is 0.262 e. The highest BCUT2D eigenvalue weighted by atomic mass is 28.4. The van der Waals surface area contributed by atoms with Gasteiger partial charge >= 0.3 is 0 Å². The third kappa shape index (κ3) is 2.24. The van der Waals surface area contributed by atoms with Crippen LogP contribution < -0.4 is 10.4 Å². The maximum atomic E-state index is 7.34. The molecule has 140 valence electrons. The number of hydrogen-bond donors (Lipinski definition) is 0. The fourth-order valence-electron chi connectivity index (χ4n) is 4.96. The molecule has 0 unspecified atom stereocenters. The molecular formula is C24H34OSi. The van der Waals surface area contributed by atoms with Gasteiger partial charge in [-0.2, -0.15) is 0 Å². The van der Waals surface area contributed by atoms with Gasteiger partial charge in [0.05, 0.1) is 5.60 Å². The van der Waals surface area contributed by atoms with Gasteiger partial charge in [-0.3, -0.25) is 0 Å². The van der Waals surface area contributed by atoms with Crippen molar-refractivity contribution >= 4 is 18.7 Å². The largest absolute Gasteiger partial charge is 0.402 e. The second-order valence-corrected chi connectivity index (χ2v) is 13.9. The zero-order valence-corrected chi connectivity index (χ0v) is 18.7. The van der Waals surface area contributed by atoms with Crippen LogP contribution in [0.2, 0.25) is 5.04 Å². The lowest BCUT2D eigenvalue weighted by atomic mass is 9.55. The Balaban J connectivity index is 2.41. The Morgan fingerprint density at radius 3 is 1.35 bits per heavy atom. The Kier molecular flexibility index (Phi) is 4.33. The van der Waals surface area contributed by atoms with E-state index >= 15 is 0 Å². The first-order valence-corrected chi connectivity index (χ1v) is 11.6. The minimum absolute atomic E-state index is 0.00171. The summed E-state index contributed by atoms with van der Waals surface area (Å²) in [6.07, 6.45) is 0. The average Bonchev–Trinajstić information content (AvgIpc) is 2.59. The van der Waals surface area contributed by atoms with Crippen molar-refractivity contribution in [2.45, 2.75) is 66.0 Å². The van der Waals surface area contributed by atoms with Gasteiger partial charge < -0.3 is 4.43 Å². The molecule has 1 aliphatic heterocycles. The van der Waals surface area contributed by atoms with Crippen molar-refractivity contribution in [2.75, 3.05) is 0 Å². The number of hydrogen-bond acceptors (Lipinski definition) is 1. The van der Waals surface area contributed by atoms with E-state index < -0.39 is 8.32 Å². The normalized spacial score (nSPS) is 24.8. The summed E-state index contributed by atoms with van der Waals surface area (Å²) in [5.74, 6) is 0. The van der Waals surface area contributed by atoms with Crippen molar-refractivity contribution in [1.29, 1.82) is 0 Å². The monoisotopic (exact) mass is 366 g/mol. The second kappa shape index (κ2) is 5.81. The highest BCUT2D eigenvalue weighted by Gasteiger charge is 2.71. The Morgan fingerprint density at radius 2 is 0.962 bits per heavy atom. The highest BCUT2D eigenvalue weighted by Crippen LogP contribution is 2.68. The van der Waals surface area contributed by atoms with Crippen molar-refractivity contribution in [2.24, 2.45) is 10.8 Å². The predicted molar refractivity (Wildman–Crippen MR) is 115 cm³/mol. The Labute approximate surface area is 160 Å². The molecule has 1 nitrogen and oxygen atoms in total. The maximum absolute atomic E-state index is 7.34. The molecular weight excluding hydrogens is 332 g/mol. The van der Waals surface area contributed by atoms with E-state index in [1.54, 1.807) is 0 Å². The van der Waals surface area contributed by atoms with Crippen LogP contribution in [0.25, 0.3) is 0 Å². The topological polar surface area (TPSA) is 9.23 Å². The first-order chi connectivity index (χ1) is 11.9. The van der Waals surface area contributed by atoms with Crippen LogP contribution in [0.5, 0.6) is 0 Å². The highest BCUT2D eigenvalue weighted by molar-refractivity contribution is 7.00. The summed E-state index contributed by atoms with van der Waals surface area (Å²) in [5, 5.41) is 2.74. The third-order valence-corrected chi connectivity index (χ3v) is 13.8. The van der Waals surface area contributed by atoms with E-state index in [4.69, 9.17) is 4.43 Å². The lowest BCUT2D eigenvalue weighted by Crippen LogP contribution is -2.79. The molecule has 0 aliphatic carbocycles. The van der Waals surface area contributed by atoms with E-state index in [1.165, 1.54) is 10.4 Å². The summed E-state index contributed by atoms with van der Waals surface area (Å²) in [4.78, 5) is 0. The number of benzene rings is 2. The van der Waals surface area contributed by atoms with E-state index in [9.17, 15) is 0 Å². The lowest BCUT2D eigenvalue weighted by molar-refractivity contribution is -0.137. The Morgan fingerprint density at radius 1 is 0.577 bits per heavy atom.